The van der Waals surface area contributed by atoms with E-state index in [2.05, 4.69) is 0 Å². The molecule has 3 aromatic rings. The Bertz CT molecular complexity index is 1150. The molecule has 1 aromatic heterocycles. The molecule has 1 N–H and O–H groups in total. The number of hydrogen-bond donors (Lipinski definition) is 1. The fraction of sp³-hybridized carbons (Fsp3) is 0.381. The molecule has 0 fully saturated rings. The fourth-order valence-electron chi connectivity index (χ4n) is 3.72. The summed E-state index contributed by atoms with van der Waals surface area (Å²) in [4.78, 5) is 13.0. The molecule has 0 aliphatic heterocycles. The van der Waals surface area contributed by atoms with E-state index in [1.165, 1.54) is 23.6 Å². The zero-order valence-corrected chi connectivity index (χ0v) is 16.2. The first-order valence-electron chi connectivity index (χ1n) is 9.26. The van der Waals surface area contributed by atoms with Gasteiger partial charge < -0.3 is 9.67 Å². The second kappa shape index (κ2) is 7.30. The molecule has 0 atom stereocenters. The average molecular weight is 431 g/mol. The van der Waals surface area contributed by atoms with Crippen LogP contribution >= 0.6 is 0 Å². The van der Waals surface area contributed by atoms with Gasteiger partial charge in [0.15, 0.2) is 0 Å². The van der Waals surface area contributed by atoms with E-state index < -0.39 is 23.5 Å². The van der Waals surface area contributed by atoms with Crippen molar-refractivity contribution in [2.45, 2.75) is 51.2 Å². The first kappa shape index (κ1) is 22.1. The van der Waals surface area contributed by atoms with Crippen molar-refractivity contribution in [2.24, 2.45) is 0 Å². The predicted molar refractivity (Wildman–Crippen MR) is 101 cm³/mol. The zero-order valence-electron chi connectivity index (χ0n) is 16.2. The van der Waals surface area contributed by atoms with Gasteiger partial charge in [0.1, 0.15) is 0 Å². The maximum Gasteiger partial charge on any atom is 0.430 e. The van der Waals surface area contributed by atoms with Gasteiger partial charge in [0, 0.05) is 22.9 Å². The van der Waals surface area contributed by atoms with E-state index in [0.29, 0.717) is 18.6 Å². The monoisotopic (exact) mass is 431 g/mol. The molecule has 0 unspecified atom stereocenters. The lowest BCUT2D eigenvalue weighted by Gasteiger charge is -2.33. The van der Waals surface area contributed by atoms with Crippen LogP contribution in [0.1, 0.15) is 30.9 Å². The highest BCUT2D eigenvalue weighted by Crippen LogP contribution is 2.50. The van der Waals surface area contributed by atoms with Gasteiger partial charge in [-0.15, -0.1) is 0 Å². The van der Waals surface area contributed by atoms with E-state index >= 15 is 0 Å². The molecule has 3 nitrogen and oxygen atoms in total. The molecule has 30 heavy (non-hydrogen) atoms. The van der Waals surface area contributed by atoms with Crippen molar-refractivity contribution >= 4 is 21.7 Å². The largest absolute Gasteiger partial charge is 0.430 e. The van der Waals surface area contributed by atoms with Gasteiger partial charge in [0.25, 0.3) is 11.2 Å². The molecule has 0 aliphatic rings. The molecule has 162 valence electrons. The molecule has 0 spiro atoms. The Hall–Kier alpha value is -2.55. The van der Waals surface area contributed by atoms with Crippen molar-refractivity contribution in [3.8, 4) is 0 Å². The van der Waals surface area contributed by atoms with Crippen molar-refractivity contribution in [3.05, 3.63) is 57.9 Å². The fourth-order valence-corrected chi connectivity index (χ4v) is 3.72. The minimum atomic E-state index is -5.99. The molecule has 0 bridgehead atoms. The van der Waals surface area contributed by atoms with Crippen LogP contribution in [-0.2, 0) is 12.1 Å². The third kappa shape index (κ3) is 3.25. The van der Waals surface area contributed by atoms with Gasteiger partial charge in [0.05, 0.1) is 5.52 Å². The number of aromatic nitrogens is 1. The minimum absolute atomic E-state index is 0.0355. The lowest BCUT2D eigenvalue weighted by Crippen LogP contribution is -2.54. The van der Waals surface area contributed by atoms with Crippen LogP contribution in [0, 0.1) is 6.92 Å². The van der Waals surface area contributed by atoms with Gasteiger partial charge in [-0.2, -0.15) is 26.3 Å². The Morgan fingerprint density at radius 2 is 1.50 bits per heavy atom. The second-order valence-corrected chi connectivity index (χ2v) is 7.25. The Kier molecular flexibility index (Phi) is 5.39. The molecule has 0 saturated carbocycles. The molecule has 3 rings (SSSR count). The van der Waals surface area contributed by atoms with Crippen LogP contribution in [0.25, 0.3) is 21.7 Å². The first-order valence-corrected chi connectivity index (χ1v) is 9.26. The lowest BCUT2D eigenvalue weighted by atomic mass is 9.88. The van der Waals surface area contributed by atoms with Crippen LogP contribution in [0.2, 0.25) is 0 Å². The number of aliphatic hydroxyl groups is 1. The Morgan fingerprint density at radius 3 is 2.03 bits per heavy atom. The minimum Gasteiger partial charge on any atom is -0.369 e. The number of unbranched alkanes of at least 4 members (excludes halogenated alkanes) is 1. The SMILES string of the molecule is CCCCn1c(=O)c2ccccc2c2cc(C(O)(C(F)(F)F)C(F)(F)F)cc(C)c21. The highest BCUT2D eigenvalue weighted by molar-refractivity contribution is 6.06. The lowest BCUT2D eigenvalue weighted by molar-refractivity contribution is -0.376. The van der Waals surface area contributed by atoms with Crippen molar-refractivity contribution in [1.82, 2.24) is 4.57 Å². The quantitative estimate of drug-likeness (QED) is 0.433. The van der Waals surface area contributed by atoms with Crippen molar-refractivity contribution < 1.29 is 31.4 Å². The number of alkyl halides is 6. The maximum atomic E-state index is 13.4. The number of rotatable bonds is 4. The van der Waals surface area contributed by atoms with E-state index in [9.17, 15) is 36.2 Å². The number of pyridine rings is 1. The average Bonchev–Trinajstić information content (AvgIpc) is 2.65. The predicted octanol–water partition coefficient (Wildman–Crippen LogP) is 5.58. The summed E-state index contributed by atoms with van der Waals surface area (Å²) < 4.78 is 81.9. The topological polar surface area (TPSA) is 42.2 Å². The normalized spacial score (nSPS) is 13.4. The van der Waals surface area contributed by atoms with Gasteiger partial charge in [-0.05, 0) is 36.4 Å². The summed E-state index contributed by atoms with van der Waals surface area (Å²) in [7, 11) is 0. The molecule has 9 heteroatoms. The third-order valence-corrected chi connectivity index (χ3v) is 5.24. The number of nitrogens with zero attached hydrogens (tertiary/aromatic N) is 1. The van der Waals surface area contributed by atoms with Crippen molar-refractivity contribution in [3.63, 3.8) is 0 Å². The molecular formula is C21H19F6NO2. The smallest absolute Gasteiger partial charge is 0.369 e. The summed E-state index contributed by atoms with van der Waals surface area (Å²) in [6.45, 7) is 3.49. The Morgan fingerprint density at radius 1 is 0.933 bits per heavy atom. The van der Waals surface area contributed by atoms with E-state index in [4.69, 9.17) is 0 Å². The van der Waals surface area contributed by atoms with Crippen molar-refractivity contribution in [1.29, 1.82) is 0 Å². The summed E-state index contributed by atoms with van der Waals surface area (Å²) in [6, 6.07) is 7.39. The van der Waals surface area contributed by atoms with E-state index in [0.717, 1.165) is 6.42 Å². The summed E-state index contributed by atoms with van der Waals surface area (Å²) in [5.74, 6) is 0. The number of fused-ring (bicyclic) bond motifs is 3. The van der Waals surface area contributed by atoms with Crippen molar-refractivity contribution in [2.75, 3.05) is 0 Å². The molecule has 1 heterocycles. The molecule has 2 aromatic carbocycles. The zero-order chi connectivity index (χ0) is 22.5. The first-order chi connectivity index (χ1) is 13.8. The van der Waals surface area contributed by atoms with Gasteiger partial charge in [-0.25, -0.2) is 0 Å². The third-order valence-electron chi connectivity index (χ3n) is 5.24. The number of benzene rings is 2. The van der Waals surface area contributed by atoms with Crippen LogP contribution in [0.4, 0.5) is 26.3 Å². The summed E-state index contributed by atoms with van der Waals surface area (Å²) in [6.07, 6.45) is -10.6. The second-order valence-electron chi connectivity index (χ2n) is 7.25. The van der Waals surface area contributed by atoms with E-state index in [1.54, 1.807) is 12.1 Å². The Balaban J connectivity index is 2.50. The van der Waals surface area contributed by atoms with Crippen LogP contribution < -0.4 is 5.56 Å². The highest BCUT2D eigenvalue weighted by Gasteiger charge is 2.71. The summed E-state index contributed by atoms with van der Waals surface area (Å²) in [5.41, 5.74) is -6.46. The summed E-state index contributed by atoms with van der Waals surface area (Å²) in [5, 5.41) is 10.3. The molecule has 0 radical (unpaired) electrons. The van der Waals surface area contributed by atoms with Gasteiger partial charge >= 0.3 is 12.4 Å². The number of aryl methyl sites for hydroxylation is 2. The van der Waals surface area contributed by atoms with E-state index in [1.807, 2.05) is 6.92 Å². The molecule has 0 amide bonds. The molecular weight excluding hydrogens is 412 g/mol. The standard InChI is InChI=1S/C21H19F6NO2/c1-3-4-9-28-17-12(2)10-13(19(30,20(22,23)24)21(25,26)27)11-16(17)14-7-5-6-8-15(14)18(28)29/h5-8,10-11,30H,3-4,9H2,1-2H3. The number of halogens is 6. The van der Waals surface area contributed by atoms with Crippen LogP contribution in [0.5, 0.6) is 0 Å². The Labute approximate surface area is 167 Å². The maximum absolute atomic E-state index is 13.4. The van der Waals surface area contributed by atoms with Gasteiger partial charge in [-0.3, -0.25) is 4.79 Å². The van der Waals surface area contributed by atoms with Gasteiger partial charge in [0.2, 0.25) is 0 Å². The van der Waals surface area contributed by atoms with Crippen LogP contribution in [0.15, 0.2) is 41.2 Å². The van der Waals surface area contributed by atoms with Crippen LogP contribution in [-0.4, -0.2) is 22.0 Å². The highest BCUT2D eigenvalue weighted by atomic mass is 19.4. The van der Waals surface area contributed by atoms with Crippen LogP contribution in [0.3, 0.4) is 0 Å². The molecule has 0 saturated heterocycles. The number of hydrogen-bond acceptors (Lipinski definition) is 2. The van der Waals surface area contributed by atoms with E-state index in [-0.39, 0.29) is 39.3 Å². The van der Waals surface area contributed by atoms with Gasteiger partial charge in [-0.1, -0.05) is 37.6 Å². The summed E-state index contributed by atoms with van der Waals surface area (Å²) >= 11 is 0. The molecule has 0 aliphatic carbocycles.